The molecule has 1 N–H and O–H groups in total. The van der Waals surface area contributed by atoms with Gasteiger partial charge in [0.2, 0.25) is 6.43 Å². The van der Waals surface area contributed by atoms with Crippen LogP contribution in [0.2, 0.25) is 0 Å². The van der Waals surface area contributed by atoms with Gasteiger partial charge < -0.3 is 5.11 Å². The van der Waals surface area contributed by atoms with Crippen molar-refractivity contribution < 1.29 is 18.7 Å². The Morgan fingerprint density at radius 3 is 2.65 bits per heavy atom. The second kappa shape index (κ2) is 6.59. The molecule has 1 unspecified atom stereocenters. The summed E-state index contributed by atoms with van der Waals surface area (Å²) in [4.78, 5) is 11.5. The lowest BCUT2D eigenvalue weighted by molar-refractivity contribution is -0.141. The average Bonchev–Trinajstić information content (AvgIpc) is 2.27. The normalized spacial score (nSPS) is 12.7. The molecule has 0 aliphatic heterocycles. The Kier molecular flexibility index (Phi) is 5.41. The van der Waals surface area contributed by atoms with Gasteiger partial charge in [-0.2, -0.15) is 0 Å². The fourth-order valence-corrected chi connectivity index (χ4v) is 2.20. The van der Waals surface area contributed by atoms with Crippen molar-refractivity contribution in [2.24, 2.45) is 5.92 Å². The van der Waals surface area contributed by atoms with Crippen LogP contribution in [0.5, 0.6) is 0 Å². The number of rotatable bonds is 6. The van der Waals surface area contributed by atoms with E-state index in [2.05, 4.69) is 0 Å². The van der Waals surface area contributed by atoms with Crippen molar-refractivity contribution in [1.29, 1.82) is 0 Å². The van der Waals surface area contributed by atoms with E-state index in [1.807, 2.05) is 0 Å². The zero-order valence-electron chi connectivity index (χ0n) is 9.40. The highest BCUT2D eigenvalue weighted by atomic mass is 32.2. The second-order valence-corrected chi connectivity index (χ2v) is 4.82. The molecule has 1 rings (SSSR count). The smallest absolute Gasteiger partial charge is 0.306 e. The van der Waals surface area contributed by atoms with Crippen LogP contribution in [0.25, 0.3) is 0 Å². The van der Waals surface area contributed by atoms with Crippen LogP contribution in [0.3, 0.4) is 0 Å². The first kappa shape index (κ1) is 14.0. The lowest BCUT2D eigenvalue weighted by Gasteiger charge is -2.11. The van der Waals surface area contributed by atoms with Gasteiger partial charge in [0.1, 0.15) is 0 Å². The molecule has 17 heavy (non-hydrogen) atoms. The maximum absolute atomic E-state index is 12.1. The Balaban J connectivity index is 2.73. The fraction of sp³-hybridized carbons (Fsp3) is 0.417. The molecule has 0 spiro atoms. The maximum Gasteiger partial charge on any atom is 0.306 e. The van der Waals surface area contributed by atoms with Crippen LogP contribution < -0.4 is 0 Å². The van der Waals surface area contributed by atoms with E-state index in [1.54, 1.807) is 31.2 Å². The molecule has 0 aliphatic rings. The van der Waals surface area contributed by atoms with Crippen molar-refractivity contribution in [3.05, 3.63) is 29.8 Å². The molecule has 0 saturated heterocycles. The van der Waals surface area contributed by atoms with Gasteiger partial charge in [-0.25, -0.2) is 8.78 Å². The summed E-state index contributed by atoms with van der Waals surface area (Å²) >= 11 is 1.07. The zero-order valence-corrected chi connectivity index (χ0v) is 10.2. The third-order valence-electron chi connectivity index (χ3n) is 2.29. The van der Waals surface area contributed by atoms with Crippen molar-refractivity contribution in [2.75, 3.05) is 5.75 Å². The number of carboxylic acids is 1. The first-order valence-corrected chi connectivity index (χ1v) is 6.21. The van der Waals surface area contributed by atoms with Gasteiger partial charge in [0.15, 0.2) is 0 Å². The van der Waals surface area contributed by atoms with Gasteiger partial charge in [-0.1, -0.05) is 25.1 Å². The van der Waals surface area contributed by atoms with E-state index in [-0.39, 0.29) is 5.75 Å². The molecule has 0 fully saturated rings. The molecule has 1 atom stereocenters. The quantitative estimate of drug-likeness (QED) is 0.797. The molecule has 94 valence electrons. The molecule has 0 radical (unpaired) electrons. The molecule has 5 heteroatoms. The van der Waals surface area contributed by atoms with Crippen molar-refractivity contribution in [2.45, 2.75) is 24.7 Å². The van der Waals surface area contributed by atoms with E-state index in [0.717, 1.165) is 22.2 Å². The number of benzene rings is 1. The highest BCUT2D eigenvalue weighted by Gasteiger charge is 2.14. The summed E-state index contributed by atoms with van der Waals surface area (Å²) in [6.45, 7) is 1.61. The molecule has 1 aromatic carbocycles. The maximum atomic E-state index is 12.1. The first-order chi connectivity index (χ1) is 8.00. The summed E-state index contributed by atoms with van der Waals surface area (Å²) in [7, 11) is 0. The molecular formula is C12H14F2O2S. The van der Waals surface area contributed by atoms with Gasteiger partial charge in [0.25, 0.3) is 0 Å². The molecule has 1 aromatic rings. The topological polar surface area (TPSA) is 37.3 Å². The Morgan fingerprint density at radius 1 is 1.41 bits per heavy atom. The second-order valence-electron chi connectivity index (χ2n) is 3.75. The molecule has 0 aliphatic carbocycles. The van der Waals surface area contributed by atoms with Crippen LogP contribution in [0.1, 0.15) is 12.5 Å². The molecule has 0 heterocycles. The number of hydrogen-bond donors (Lipinski definition) is 1. The number of carbonyl (C=O) groups is 1. The molecule has 0 amide bonds. The van der Waals surface area contributed by atoms with Crippen LogP contribution in [0.15, 0.2) is 29.2 Å². The third-order valence-corrected chi connectivity index (χ3v) is 3.41. The molecule has 0 aromatic heterocycles. The number of carboxylic acid groups (broad SMARTS) is 1. The van der Waals surface area contributed by atoms with E-state index in [4.69, 9.17) is 5.11 Å². The van der Waals surface area contributed by atoms with Crippen LogP contribution in [-0.2, 0) is 11.2 Å². The minimum atomic E-state index is -2.36. The summed E-state index contributed by atoms with van der Waals surface area (Å²) in [6, 6.07) is 7.09. The zero-order chi connectivity index (χ0) is 12.8. The van der Waals surface area contributed by atoms with E-state index >= 15 is 0 Å². The van der Waals surface area contributed by atoms with E-state index in [9.17, 15) is 13.6 Å². The average molecular weight is 260 g/mol. The molecular weight excluding hydrogens is 246 g/mol. The van der Waals surface area contributed by atoms with E-state index in [0.29, 0.717) is 6.42 Å². The minimum absolute atomic E-state index is 0.265. The highest BCUT2D eigenvalue weighted by molar-refractivity contribution is 7.99. The summed E-state index contributed by atoms with van der Waals surface area (Å²) < 4.78 is 24.3. The predicted molar refractivity (Wildman–Crippen MR) is 63.7 cm³/mol. The predicted octanol–water partition coefficient (Wildman–Crippen LogP) is 3.31. The van der Waals surface area contributed by atoms with Crippen molar-refractivity contribution in [1.82, 2.24) is 0 Å². The molecule has 0 saturated carbocycles. The summed E-state index contributed by atoms with van der Waals surface area (Å²) in [6.07, 6.45) is -1.99. The molecule has 0 bridgehead atoms. The largest absolute Gasteiger partial charge is 0.481 e. The highest BCUT2D eigenvalue weighted by Crippen LogP contribution is 2.26. The van der Waals surface area contributed by atoms with E-state index < -0.39 is 18.3 Å². The van der Waals surface area contributed by atoms with Crippen LogP contribution in [0.4, 0.5) is 8.78 Å². The van der Waals surface area contributed by atoms with Gasteiger partial charge in [0.05, 0.1) is 11.7 Å². The van der Waals surface area contributed by atoms with Crippen molar-refractivity contribution in [3.8, 4) is 0 Å². The van der Waals surface area contributed by atoms with Crippen molar-refractivity contribution in [3.63, 3.8) is 0 Å². The SMILES string of the molecule is CC(Cc1ccccc1SCC(F)F)C(=O)O. The van der Waals surface area contributed by atoms with E-state index in [1.165, 1.54) is 0 Å². The number of thioether (sulfide) groups is 1. The number of alkyl halides is 2. The van der Waals surface area contributed by atoms with Crippen LogP contribution in [0, 0.1) is 5.92 Å². The Morgan fingerprint density at radius 2 is 2.06 bits per heavy atom. The Labute approximate surface area is 103 Å². The standard InChI is InChI=1S/C12H14F2O2S/c1-8(12(15)16)6-9-4-2-3-5-10(9)17-7-11(13)14/h2-5,8,11H,6-7H2,1H3,(H,15,16). The molecule has 2 nitrogen and oxygen atoms in total. The van der Waals surface area contributed by atoms with Gasteiger partial charge in [-0.15, -0.1) is 11.8 Å². The monoisotopic (exact) mass is 260 g/mol. The van der Waals surface area contributed by atoms with Crippen LogP contribution >= 0.6 is 11.8 Å². The van der Waals surface area contributed by atoms with Gasteiger partial charge in [0, 0.05) is 4.90 Å². The minimum Gasteiger partial charge on any atom is -0.481 e. The van der Waals surface area contributed by atoms with Gasteiger partial charge in [-0.05, 0) is 18.1 Å². The number of halogens is 2. The summed E-state index contributed by atoms with van der Waals surface area (Å²) in [5.74, 6) is -1.65. The van der Waals surface area contributed by atoms with Crippen LogP contribution in [-0.4, -0.2) is 23.3 Å². The first-order valence-electron chi connectivity index (χ1n) is 5.22. The fourth-order valence-electron chi connectivity index (χ4n) is 1.38. The third kappa shape index (κ3) is 4.73. The number of aliphatic carboxylic acids is 1. The van der Waals surface area contributed by atoms with Crippen molar-refractivity contribution >= 4 is 17.7 Å². The lowest BCUT2D eigenvalue weighted by atomic mass is 10.0. The Hall–Kier alpha value is -1.10. The number of hydrogen-bond acceptors (Lipinski definition) is 2. The summed E-state index contributed by atoms with van der Waals surface area (Å²) in [5.41, 5.74) is 0.813. The lowest BCUT2D eigenvalue weighted by Crippen LogP contribution is -2.12. The Bertz CT molecular complexity index is 383. The summed E-state index contributed by atoms with van der Waals surface area (Å²) in [5, 5.41) is 8.83. The van der Waals surface area contributed by atoms with Gasteiger partial charge >= 0.3 is 5.97 Å². The van der Waals surface area contributed by atoms with Gasteiger partial charge in [-0.3, -0.25) is 4.79 Å².